The first-order valence-electron chi connectivity index (χ1n) is 9.71. The van der Waals surface area contributed by atoms with Gasteiger partial charge in [-0.2, -0.15) is 0 Å². The molecule has 156 valence electrons. The average molecular weight is 418 g/mol. The first-order chi connectivity index (χ1) is 13.8. The van der Waals surface area contributed by atoms with Crippen molar-refractivity contribution in [2.24, 2.45) is 0 Å². The van der Waals surface area contributed by atoms with Crippen molar-refractivity contribution in [2.75, 3.05) is 24.7 Å². The Balaban J connectivity index is 1.63. The number of sulfone groups is 1. The second-order valence-electron chi connectivity index (χ2n) is 7.62. The summed E-state index contributed by atoms with van der Waals surface area (Å²) in [5.41, 5.74) is 2.81. The number of aryl methyl sites for hydroxylation is 1. The van der Waals surface area contributed by atoms with Crippen molar-refractivity contribution >= 4 is 16.1 Å². The number of carbonyl (C=O) groups is 1. The van der Waals surface area contributed by atoms with Gasteiger partial charge in [-0.3, -0.25) is 9.69 Å². The molecule has 1 aliphatic rings. The molecule has 7 heteroatoms. The lowest BCUT2D eigenvalue weighted by Crippen LogP contribution is -2.42. The summed E-state index contributed by atoms with van der Waals surface area (Å²) in [6.45, 7) is 3.00. The first-order valence-corrected chi connectivity index (χ1v) is 11.5. The van der Waals surface area contributed by atoms with Gasteiger partial charge in [-0.05, 0) is 43.2 Å². The normalized spacial score (nSPS) is 19.2. The highest BCUT2D eigenvalue weighted by Gasteiger charge is 2.33. The number of nitrogens with zero attached hydrogens (tertiary/aromatic N) is 1. The highest BCUT2D eigenvalue weighted by molar-refractivity contribution is 7.91. The number of aliphatic hydroxyl groups is 1. The predicted molar refractivity (Wildman–Crippen MR) is 112 cm³/mol. The van der Waals surface area contributed by atoms with E-state index in [1.807, 2.05) is 36.1 Å². The van der Waals surface area contributed by atoms with Gasteiger partial charge < -0.3 is 9.84 Å². The summed E-state index contributed by atoms with van der Waals surface area (Å²) < 4.78 is 29.5. The van der Waals surface area contributed by atoms with Crippen LogP contribution in [-0.4, -0.2) is 61.5 Å². The lowest BCUT2D eigenvalue weighted by Gasteiger charge is -2.30. The van der Waals surface area contributed by atoms with Crippen molar-refractivity contribution in [1.29, 1.82) is 0 Å². The molecular weight excluding hydrogens is 390 g/mol. The van der Waals surface area contributed by atoms with Crippen LogP contribution in [0.3, 0.4) is 0 Å². The first kappa shape index (κ1) is 21.5. The Morgan fingerprint density at radius 2 is 1.86 bits per heavy atom. The van der Waals surface area contributed by atoms with Gasteiger partial charge in [0.05, 0.1) is 11.5 Å². The van der Waals surface area contributed by atoms with Gasteiger partial charge in [0.2, 0.25) is 0 Å². The Labute approximate surface area is 172 Å². The molecule has 2 unspecified atom stereocenters. The standard InChI is InChI=1S/C22H27NO5S/c1-17-2-4-18(5-3-17)12-23(20-10-11-29(26,27)16-20)13-21(25)15-28-22-8-6-19(14-24)7-9-22/h2-9,14,20-21,25H,10-13,15-16H2,1H3. The number of hydrogen-bond acceptors (Lipinski definition) is 6. The van der Waals surface area contributed by atoms with E-state index in [-0.39, 0.29) is 24.2 Å². The van der Waals surface area contributed by atoms with Crippen LogP contribution in [0.2, 0.25) is 0 Å². The van der Waals surface area contributed by atoms with Gasteiger partial charge in [0, 0.05) is 24.7 Å². The molecule has 0 aromatic heterocycles. The molecule has 0 amide bonds. The van der Waals surface area contributed by atoms with E-state index in [9.17, 15) is 18.3 Å². The van der Waals surface area contributed by atoms with Gasteiger partial charge in [-0.15, -0.1) is 0 Å². The van der Waals surface area contributed by atoms with Crippen LogP contribution in [0.15, 0.2) is 48.5 Å². The van der Waals surface area contributed by atoms with Crippen LogP contribution < -0.4 is 4.74 Å². The summed E-state index contributed by atoms with van der Waals surface area (Å²) in [6.07, 6.45) is 0.570. The van der Waals surface area contributed by atoms with E-state index < -0.39 is 15.9 Å². The maximum absolute atomic E-state index is 12.0. The molecule has 0 spiro atoms. The van der Waals surface area contributed by atoms with Crippen molar-refractivity contribution in [2.45, 2.75) is 32.0 Å². The average Bonchev–Trinajstić information content (AvgIpc) is 3.07. The topological polar surface area (TPSA) is 83.9 Å². The molecule has 0 radical (unpaired) electrons. The molecule has 1 N–H and O–H groups in total. The van der Waals surface area contributed by atoms with Crippen molar-refractivity contribution in [1.82, 2.24) is 4.90 Å². The molecule has 2 atom stereocenters. The van der Waals surface area contributed by atoms with Crippen LogP contribution in [0.4, 0.5) is 0 Å². The van der Waals surface area contributed by atoms with Gasteiger partial charge in [0.15, 0.2) is 9.84 Å². The van der Waals surface area contributed by atoms with Crippen molar-refractivity contribution in [3.8, 4) is 5.75 Å². The molecule has 1 fully saturated rings. The Kier molecular flexibility index (Phi) is 7.05. The van der Waals surface area contributed by atoms with Crippen molar-refractivity contribution in [3.63, 3.8) is 0 Å². The molecule has 2 aromatic carbocycles. The number of benzene rings is 2. The number of aliphatic hydroxyl groups excluding tert-OH is 1. The maximum atomic E-state index is 12.0. The lowest BCUT2D eigenvalue weighted by molar-refractivity contribution is 0.0524. The molecule has 29 heavy (non-hydrogen) atoms. The Morgan fingerprint density at radius 3 is 2.45 bits per heavy atom. The third-order valence-corrected chi connectivity index (χ3v) is 6.89. The summed E-state index contributed by atoms with van der Waals surface area (Å²) in [5.74, 6) is 0.889. The highest BCUT2D eigenvalue weighted by Crippen LogP contribution is 2.21. The highest BCUT2D eigenvalue weighted by atomic mass is 32.2. The molecule has 0 aliphatic carbocycles. The number of aldehydes is 1. The van der Waals surface area contributed by atoms with E-state index in [1.165, 1.54) is 0 Å². The Hall–Kier alpha value is -2.22. The Morgan fingerprint density at radius 1 is 1.17 bits per heavy atom. The minimum absolute atomic E-state index is 0.0876. The second kappa shape index (κ2) is 9.52. The summed E-state index contributed by atoms with van der Waals surface area (Å²) in [7, 11) is -3.02. The number of rotatable bonds is 9. The Bertz CT molecular complexity index is 909. The van der Waals surface area contributed by atoms with Crippen molar-refractivity contribution in [3.05, 3.63) is 65.2 Å². The van der Waals surface area contributed by atoms with E-state index in [0.29, 0.717) is 30.8 Å². The van der Waals surface area contributed by atoms with Crippen LogP contribution in [0.25, 0.3) is 0 Å². The van der Waals surface area contributed by atoms with Gasteiger partial charge in [0.25, 0.3) is 0 Å². The minimum atomic E-state index is -3.02. The van der Waals surface area contributed by atoms with Crippen molar-refractivity contribution < 1.29 is 23.1 Å². The fourth-order valence-corrected chi connectivity index (χ4v) is 5.25. The third-order valence-electron chi connectivity index (χ3n) is 5.13. The molecule has 0 saturated carbocycles. The largest absolute Gasteiger partial charge is 0.491 e. The van der Waals surface area contributed by atoms with E-state index >= 15 is 0 Å². The molecule has 0 bridgehead atoms. The van der Waals surface area contributed by atoms with Crippen LogP contribution in [-0.2, 0) is 16.4 Å². The molecule has 2 aromatic rings. The SMILES string of the molecule is Cc1ccc(CN(CC(O)COc2ccc(C=O)cc2)C2CCS(=O)(=O)C2)cc1. The van der Waals surface area contributed by atoms with Crippen LogP contribution in [0, 0.1) is 6.92 Å². The van der Waals surface area contributed by atoms with Gasteiger partial charge >= 0.3 is 0 Å². The smallest absolute Gasteiger partial charge is 0.151 e. The van der Waals surface area contributed by atoms with Gasteiger partial charge in [0.1, 0.15) is 24.7 Å². The van der Waals surface area contributed by atoms with Crippen LogP contribution in [0.1, 0.15) is 27.9 Å². The molecule has 1 heterocycles. The maximum Gasteiger partial charge on any atom is 0.151 e. The molecule has 1 saturated heterocycles. The summed E-state index contributed by atoms with van der Waals surface area (Å²) in [5, 5.41) is 10.5. The third kappa shape index (κ3) is 6.39. The van der Waals surface area contributed by atoms with Crippen LogP contribution in [0.5, 0.6) is 5.75 Å². The summed E-state index contributed by atoms with van der Waals surface area (Å²) in [6, 6.07) is 14.7. The lowest BCUT2D eigenvalue weighted by atomic mass is 10.1. The van der Waals surface area contributed by atoms with Gasteiger partial charge in [-0.25, -0.2) is 8.42 Å². The zero-order valence-corrected chi connectivity index (χ0v) is 17.3. The van der Waals surface area contributed by atoms with Crippen LogP contribution >= 0.6 is 0 Å². The zero-order valence-electron chi connectivity index (χ0n) is 16.5. The van der Waals surface area contributed by atoms with E-state index in [1.54, 1.807) is 24.3 Å². The number of carbonyl (C=O) groups excluding carboxylic acids is 1. The monoisotopic (exact) mass is 417 g/mol. The molecular formula is C22H27NO5S. The predicted octanol–water partition coefficient (Wildman–Crippen LogP) is 2.24. The van der Waals surface area contributed by atoms with E-state index in [0.717, 1.165) is 17.4 Å². The molecule has 1 aliphatic heterocycles. The molecule has 6 nitrogen and oxygen atoms in total. The van der Waals surface area contributed by atoms with Gasteiger partial charge in [-0.1, -0.05) is 29.8 Å². The quantitative estimate of drug-likeness (QED) is 0.630. The zero-order chi connectivity index (χ0) is 20.9. The minimum Gasteiger partial charge on any atom is -0.491 e. The molecule has 3 rings (SSSR count). The summed E-state index contributed by atoms with van der Waals surface area (Å²) >= 11 is 0. The number of ether oxygens (including phenoxy) is 1. The summed E-state index contributed by atoms with van der Waals surface area (Å²) in [4.78, 5) is 12.8. The van der Waals surface area contributed by atoms with E-state index in [2.05, 4.69) is 0 Å². The second-order valence-corrected chi connectivity index (χ2v) is 9.85. The fraction of sp³-hybridized carbons (Fsp3) is 0.409. The fourth-order valence-electron chi connectivity index (χ4n) is 3.49. The number of hydrogen-bond donors (Lipinski definition) is 1. The van der Waals surface area contributed by atoms with E-state index in [4.69, 9.17) is 4.74 Å².